The first kappa shape index (κ1) is 45.6. The van der Waals surface area contributed by atoms with Crippen LogP contribution in [0.5, 0.6) is 0 Å². The fourth-order valence-electron chi connectivity index (χ4n) is 11.9. The number of allylic oxidation sites excluding steroid dienone is 2. The molecule has 3 heterocycles. The van der Waals surface area contributed by atoms with E-state index in [2.05, 4.69) is 44.2 Å². The lowest BCUT2D eigenvalue weighted by Crippen LogP contribution is -2.59. The Labute approximate surface area is 357 Å². The highest BCUT2D eigenvalue weighted by atomic mass is 16.7. The van der Waals surface area contributed by atoms with E-state index in [9.17, 15) is 9.90 Å². The molecular formula is C47H72N2O11. The lowest BCUT2D eigenvalue weighted by molar-refractivity contribution is -0.314. The van der Waals surface area contributed by atoms with Gasteiger partial charge in [-0.1, -0.05) is 38.1 Å². The number of carbonyl (C=O) groups is 2. The van der Waals surface area contributed by atoms with Crippen molar-refractivity contribution in [1.29, 1.82) is 0 Å². The van der Waals surface area contributed by atoms with Crippen LogP contribution in [0, 0.1) is 35.5 Å². The molecule has 336 valence electrons. The monoisotopic (exact) mass is 841 g/mol. The van der Waals surface area contributed by atoms with Crippen molar-refractivity contribution in [2.24, 2.45) is 35.5 Å². The molecule has 0 bridgehead atoms. The Morgan fingerprint density at radius 2 is 1.57 bits per heavy atom. The predicted octanol–water partition coefficient (Wildman–Crippen LogP) is 5.77. The van der Waals surface area contributed by atoms with E-state index in [1.807, 2.05) is 44.2 Å². The number of hydrogen-bond donors (Lipinski definition) is 2. The quantitative estimate of drug-likeness (QED) is 0.261. The van der Waals surface area contributed by atoms with Gasteiger partial charge < -0.3 is 53.2 Å². The number of para-hydroxylation sites is 1. The summed E-state index contributed by atoms with van der Waals surface area (Å²) < 4.78 is 50.1. The molecule has 0 aromatic heterocycles. The zero-order valence-corrected chi connectivity index (χ0v) is 37.3. The van der Waals surface area contributed by atoms with Crippen molar-refractivity contribution < 1.29 is 52.6 Å². The van der Waals surface area contributed by atoms with Crippen molar-refractivity contribution >= 4 is 17.4 Å². The number of benzene rings is 1. The Morgan fingerprint density at radius 3 is 2.23 bits per heavy atom. The Kier molecular flexibility index (Phi) is 15.1. The van der Waals surface area contributed by atoms with E-state index >= 15 is 4.79 Å². The van der Waals surface area contributed by atoms with Gasteiger partial charge in [0.1, 0.15) is 24.4 Å². The molecule has 0 amide bonds. The van der Waals surface area contributed by atoms with E-state index in [1.54, 1.807) is 21.3 Å². The smallest absolute Gasteiger partial charge is 0.306 e. The Hall–Kier alpha value is -2.46. The molecule has 13 nitrogen and oxygen atoms in total. The standard InChI is InChI=1S/C47H72N2O11/c1-10-29-17-14-18-37(60-39-20-19-36(49(5)6)26(3)56-39)25(2)42(51)35-23-32-31-21-30(59-47-46(55-9)45(54-8)44(53-7)27(4)57-47)22-34(31)43(52)41(48-28-15-12-11-13-16-28)40(32)33(35)24-38(50)58-29/h11-13,15-16,23,25-27,29-34,36-37,39-41,43-48,52H,10,14,17-22,24H2,1-9H3/t25-,26?,27?,29+,30+,31+,32+,33-,34-,36+,37+,39+,40-,41-,43-,44+,45?,46+,47+/m1/s1. The van der Waals surface area contributed by atoms with Gasteiger partial charge in [0.2, 0.25) is 0 Å². The Morgan fingerprint density at radius 1 is 0.850 bits per heavy atom. The van der Waals surface area contributed by atoms with Crippen LogP contribution >= 0.6 is 0 Å². The van der Waals surface area contributed by atoms with E-state index in [1.165, 1.54) is 0 Å². The number of anilines is 1. The summed E-state index contributed by atoms with van der Waals surface area (Å²) in [6.45, 7) is 8.08. The number of nitrogens with zero attached hydrogens (tertiary/aromatic N) is 1. The number of carbonyl (C=O) groups excluding carboxylic acids is 2. The van der Waals surface area contributed by atoms with Gasteiger partial charge in [-0.15, -0.1) is 0 Å². The van der Waals surface area contributed by atoms with Crippen molar-refractivity contribution in [2.75, 3.05) is 40.7 Å². The average Bonchev–Trinajstić information content (AvgIpc) is 3.82. The maximum Gasteiger partial charge on any atom is 0.306 e. The molecule has 5 fully saturated rings. The number of methoxy groups -OCH3 is 3. The number of rotatable bonds is 11. The van der Waals surface area contributed by atoms with Gasteiger partial charge in [0, 0.05) is 44.9 Å². The molecule has 0 spiro atoms. The molecule has 60 heavy (non-hydrogen) atoms. The minimum absolute atomic E-state index is 0.00373. The third kappa shape index (κ3) is 9.40. The molecule has 1 aromatic carbocycles. The van der Waals surface area contributed by atoms with Crippen LogP contribution in [0.15, 0.2) is 42.0 Å². The Bertz CT molecular complexity index is 1610. The molecule has 19 atom stereocenters. The van der Waals surface area contributed by atoms with Gasteiger partial charge in [-0.2, -0.15) is 0 Å². The minimum atomic E-state index is -0.785. The van der Waals surface area contributed by atoms with Gasteiger partial charge in [0.25, 0.3) is 0 Å². The van der Waals surface area contributed by atoms with Crippen LogP contribution in [0.3, 0.4) is 0 Å². The summed E-state index contributed by atoms with van der Waals surface area (Å²) in [6.07, 6.45) is 3.64. The minimum Gasteiger partial charge on any atom is -0.462 e. The fourth-order valence-corrected chi connectivity index (χ4v) is 11.9. The van der Waals surface area contributed by atoms with Gasteiger partial charge in [0.05, 0.1) is 43.0 Å². The van der Waals surface area contributed by atoms with Crippen molar-refractivity contribution in [2.45, 2.75) is 165 Å². The highest BCUT2D eigenvalue weighted by molar-refractivity contribution is 5.99. The summed E-state index contributed by atoms with van der Waals surface area (Å²) in [5.74, 6) is -1.76. The molecule has 3 saturated heterocycles. The summed E-state index contributed by atoms with van der Waals surface area (Å²) in [6, 6.07) is 9.74. The van der Waals surface area contributed by atoms with E-state index in [-0.39, 0.29) is 78.5 Å². The topological polar surface area (TPSA) is 143 Å². The highest BCUT2D eigenvalue weighted by Gasteiger charge is 2.60. The fraction of sp³-hybridized carbons (Fsp3) is 0.787. The van der Waals surface area contributed by atoms with Crippen LogP contribution in [0.4, 0.5) is 5.69 Å². The van der Waals surface area contributed by atoms with Gasteiger partial charge in [-0.25, -0.2) is 0 Å². The molecule has 1 aromatic rings. The van der Waals surface area contributed by atoms with Gasteiger partial charge >= 0.3 is 5.97 Å². The predicted molar refractivity (Wildman–Crippen MR) is 225 cm³/mol. The first-order chi connectivity index (χ1) is 28.9. The summed E-state index contributed by atoms with van der Waals surface area (Å²) in [5.41, 5.74) is 1.52. The molecule has 13 heteroatoms. The molecule has 3 aliphatic carbocycles. The largest absolute Gasteiger partial charge is 0.462 e. The summed E-state index contributed by atoms with van der Waals surface area (Å²) in [7, 11) is 9.06. The molecule has 0 radical (unpaired) electrons. The summed E-state index contributed by atoms with van der Waals surface area (Å²) in [5, 5.41) is 16.3. The lowest BCUT2D eigenvalue weighted by atomic mass is 9.62. The number of nitrogens with one attached hydrogen (secondary N) is 1. The zero-order valence-electron chi connectivity index (χ0n) is 37.3. The first-order valence-electron chi connectivity index (χ1n) is 22.7. The van der Waals surface area contributed by atoms with Crippen LogP contribution < -0.4 is 5.32 Å². The Balaban J connectivity index is 1.20. The number of aliphatic hydroxyl groups excluding tert-OH is 1. The molecular weight excluding hydrogens is 769 g/mol. The third-order valence-electron chi connectivity index (χ3n) is 15.0. The number of ether oxygens (including phenoxy) is 8. The third-order valence-corrected chi connectivity index (χ3v) is 15.0. The normalized spacial score (nSPS) is 43.9. The van der Waals surface area contributed by atoms with E-state index in [0.29, 0.717) is 43.7 Å². The number of ketones is 1. The number of fused-ring (bicyclic) bond motifs is 5. The van der Waals surface area contributed by atoms with Crippen LogP contribution in [-0.4, -0.2) is 137 Å². The van der Waals surface area contributed by atoms with Gasteiger partial charge in [-0.3, -0.25) is 9.59 Å². The zero-order chi connectivity index (χ0) is 42.8. The average molecular weight is 841 g/mol. The number of Topliss-reactive ketones (excluding diaryl/α,β-unsaturated/α-hetero) is 1. The maximum atomic E-state index is 15.1. The first-order valence-corrected chi connectivity index (χ1v) is 22.7. The number of cyclic esters (lactones) is 1. The van der Waals surface area contributed by atoms with Crippen LogP contribution in [-0.2, 0) is 47.5 Å². The second-order valence-electron chi connectivity index (χ2n) is 18.6. The summed E-state index contributed by atoms with van der Waals surface area (Å²) >= 11 is 0. The SMILES string of the molecule is CC[C@H]1CCC[C@H](O[C@H]2CC[C@H](N(C)C)C(C)O2)[C@@H](C)C(=O)C2=C[C@H]3[C@@H]4C[C@H](O[C@@H]5OC(C)[C@H](OC)C(OC)[C@@H]5OC)C[C@H]4[C@@H](O)[C@H](Nc4ccccc4)[C@H]3[C@@H]2CC(=O)O1. The van der Waals surface area contributed by atoms with Crippen molar-refractivity contribution in [1.82, 2.24) is 4.90 Å². The molecule has 2 N–H and O–H groups in total. The van der Waals surface area contributed by atoms with Crippen LogP contribution in [0.2, 0.25) is 0 Å². The van der Waals surface area contributed by atoms with E-state index < -0.39 is 48.8 Å². The molecule has 7 rings (SSSR count). The molecule has 6 aliphatic rings. The molecule has 2 saturated carbocycles. The number of esters is 1. The van der Waals surface area contributed by atoms with Gasteiger partial charge in [-0.05, 0) is 121 Å². The van der Waals surface area contributed by atoms with Crippen molar-refractivity contribution in [3.63, 3.8) is 0 Å². The number of aliphatic hydroxyl groups is 1. The molecule has 3 aliphatic heterocycles. The number of hydrogen-bond acceptors (Lipinski definition) is 13. The van der Waals surface area contributed by atoms with Crippen molar-refractivity contribution in [3.05, 3.63) is 42.0 Å². The van der Waals surface area contributed by atoms with Crippen molar-refractivity contribution in [3.8, 4) is 0 Å². The van der Waals surface area contributed by atoms with E-state index in [4.69, 9.17) is 37.9 Å². The number of likely N-dealkylation sites (N-methyl/N-ethyl adjacent to an activating group) is 1. The highest BCUT2D eigenvalue weighted by Crippen LogP contribution is 2.57. The summed E-state index contributed by atoms with van der Waals surface area (Å²) in [4.78, 5) is 31.3. The second kappa shape index (κ2) is 19.9. The van der Waals surface area contributed by atoms with Crippen LogP contribution in [0.1, 0.15) is 85.5 Å². The molecule has 3 unspecified atom stereocenters. The maximum absolute atomic E-state index is 15.1. The lowest BCUT2D eigenvalue weighted by Gasteiger charge is -2.47. The van der Waals surface area contributed by atoms with Crippen LogP contribution in [0.25, 0.3) is 0 Å². The second-order valence-corrected chi connectivity index (χ2v) is 18.6. The van der Waals surface area contributed by atoms with Gasteiger partial charge in [0.15, 0.2) is 18.4 Å². The van der Waals surface area contributed by atoms with E-state index in [0.717, 1.165) is 24.9 Å².